The first-order valence-corrected chi connectivity index (χ1v) is 9.14. The maximum absolute atomic E-state index is 10.6. The zero-order valence-corrected chi connectivity index (χ0v) is 15.6. The normalized spacial score (nSPS) is 11.1. The maximum Gasteiger partial charge on any atom is 0.341 e. The van der Waals surface area contributed by atoms with Crippen LogP contribution in [0.3, 0.4) is 0 Å². The second-order valence-corrected chi connectivity index (χ2v) is 6.64. The molecule has 0 bridgehead atoms. The van der Waals surface area contributed by atoms with Crippen molar-refractivity contribution < 1.29 is 14.6 Å². The van der Waals surface area contributed by atoms with E-state index in [2.05, 4.69) is 20.5 Å². The standard InChI is InChI=1S/C21H16N6O3/c28-19(29)12-30-16-5-3-15(4-6-16)24-20-21-22-7-8-27(21)11-18(25-20)13-1-2-14-10-23-26-17(14)9-13/h1-11H,12H2,(H,23,26)(H,24,25)(H,28,29). The SMILES string of the molecule is O=C(O)COc1ccc(Nc2nc(-c3ccc4cn[nH]c4c3)cn3ccnc23)cc1. The van der Waals surface area contributed by atoms with Gasteiger partial charge in [0.1, 0.15) is 5.75 Å². The third-order valence-corrected chi connectivity index (χ3v) is 4.59. The van der Waals surface area contributed by atoms with Gasteiger partial charge in [-0.05, 0) is 30.3 Å². The molecule has 0 spiro atoms. The highest BCUT2D eigenvalue weighted by Gasteiger charge is 2.11. The van der Waals surface area contributed by atoms with Gasteiger partial charge in [0.15, 0.2) is 18.1 Å². The second kappa shape index (κ2) is 7.21. The van der Waals surface area contributed by atoms with Gasteiger partial charge in [0.05, 0.1) is 17.4 Å². The van der Waals surface area contributed by atoms with E-state index in [4.69, 9.17) is 14.8 Å². The first-order valence-electron chi connectivity index (χ1n) is 9.14. The highest BCUT2D eigenvalue weighted by atomic mass is 16.5. The van der Waals surface area contributed by atoms with Crippen LogP contribution in [0.15, 0.2) is 67.3 Å². The van der Waals surface area contributed by atoms with Crippen molar-refractivity contribution in [1.82, 2.24) is 24.6 Å². The number of benzene rings is 2. The van der Waals surface area contributed by atoms with E-state index in [1.165, 1.54) is 0 Å². The quantitative estimate of drug-likeness (QED) is 0.399. The minimum atomic E-state index is -1.02. The largest absolute Gasteiger partial charge is 0.482 e. The monoisotopic (exact) mass is 400 g/mol. The number of aromatic nitrogens is 5. The lowest BCUT2D eigenvalue weighted by Gasteiger charge is -2.11. The molecular weight excluding hydrogens is 384 g/mol. The van der Waals surface area contributed by atoms with Crippen LogP contribution in [0, 0.1) is 0 Å². The van der Waals surface area contributed by atoms with Crippen molar-refractivity contribution in [3.63, 3.8) is 0 Å². The summed E-state index contributed by atoms with van der Waals surface area (Å²) in [6.07, 6.45) is 7.28. The van der Waals surface area contributed by atoms with Gasteiger partial charge in [0.25, 0.3) is 0 Å². The number of ether oxygens (including phenoxy) is 1. The van der Waals surface area contributed by atoms with Crippen molar-refractivity contribution >= 4 is 34.0 Å². The van der Waals surface area contributed by atoms with Crippen molar-refractivity contribution in [2.75, 3.05) is 11.9 Å². The molecule has 9 nitrogen and oxygen atoms in total. The van der Waals surface area contributed by atoms with Crippen LogP contribution in [0.1, 0.15) is 0 Å². The van der Waals surface area contributed by atoms with Gasteiger partial charge in [-0.25, -0.2) is 14.8 Å². The van der Waals surface area contributed by atoms with Crippen LogP contribution in [0.4, 0.5) is 11.5 Å². The molecule has 0 amide bonds. The number of rotatable bonds is 6. The third-order valence-electron chi connectivity index (χ3n) is 4.59. The van der Waals surface area contributed by atoms with Crippen LogP contribution in [-0.2, 0) is 4.79 Å². The Kier molecular flexibility index (Phi) is 4.25. The average molecular weight is 400 g/mol. The molecular formula is C21H16N6O3. The van der Waals surface area contributed by atoms with Crippen LogP contribution in [0.25, 0.3) is 27.8 Å². The van der Waals surface area contributed by atoms with Gasteiger partial charge in [0, 0.05) is 35.2 Å². The number of imidazole rings is 1. The Hall–Kier alpha value is -4.40. The van der Waals surface area contributed by atoms with E-state index in [-0.39, 0.29) is 6.61 Å². The van der Waals surface area contributed by atoms with Crippen LogP contribution >= 0.6 is 0 Å². The van der Waals surface area contributed by atoms with E-state index in [1.54, 1.807) is 36.7 Å². The molecule has 0 aliphatic rings. The van der Waals surface area contributed by atoms with E-state index < -0.39 is 5.97 Å². The van der Waals surface area contributed by atoms with E-state index in [0.29, 0.717) is 17.2 Å². The summed E-state index contributed by atoms with van der Waals surface area (Å²) in [5.74, 6) is 0.0538. The smallest absolute Gasteiger partial charge is 0.341 e. The highest BCUT2D eigenvalue weighted by molar-refractivity contribution is 5.84. The number of carboxylic acid groups (broad SMARTS) is 1. The Bertz CT molecular complexity index is 1360. The zero-order valence-electron chi connectivity index (χ0n) is 15.6. The molecule has 9 heteroatoms. The molecule has 0 aliphatic carbocycles. The molecule has 0 saturated carbocycles. The van der Waals surface area contributed by atoms with Gasteiger partial charge in [-0.15, -0.1) is 0 Å². The number of anilines is 2. The summed E-state index contributed by atoms with van der Waals surface area (Å²) in [6, 6.07) is 13.0. The number of hydrogen-bond acceptors (Lipinski definition) is 6. The van der Waals surface area contributed by atoms with E-state index in [9.17, 15) is 4.79 Å². The molecule has 0 atom stereocenters. The van der Waals surface area contributed by atoms with E-state index in [1.807, 2.05) is 35.0 Å². The Morgan fingerprint density at radius 2 is 2.07 bits per heavy atom. The summed E-state index contributed by atoms with van der Waals surface area (Å²) in [6.45, 7) is -0.383. The molecule has 0 saturated heterocycles. The number of carbonyl (C=O) groups is 1. The number of nitrogens with one attached hydrogen (secondary N) is 2. The van der Waals surface area contributed by atoms with Gasteiger partial charge in [-0.1, -0.05) is 12.1 Å². The van der Waals surface area contributed by atoms with Gasteiger partial charge < -0.3 is 19.6 Å². The molecule has 5 aromatic rings. The topological polar surface area (TPSA) is 117 Å². The second-order valence-electron chi connectivity index (χ2n) is 6.64. The van der Waals surface area contributed by atoms with Crippen LogP contribution in [0.5, 0.6) is 5.75 Å². The zero-order chi connectivity index (χ0) is 20.5. The summed E-state index contributed by atoms with van der Waals surface area (Å²) in [4.78, 5) is 19.8. The molecule has 30 heavy (non-hydrogen) atoms. The number of nitrogens with zero attached hydrogens (tertiary/aromatic N) is 4. The van der Waals surface area contributed by atoms with Gasteiger partial charge in [-0.3, -0.25) is 5.10 Å². The fourth-order valence-corrected chi connectivity index (χ4v) is 3.17. The first-order chi connectivity index (χ1) is 14.7. The number of hydrogen-bond donors (Lipinski definition) is 3. The van der Waals surface area contributed by atoms with Crippen LogP contribution in [-0.4, -0.2) is 42.2 Å². The van der Waals surface area contributed by atoms with Crippen molar-refractivity contribution in [3.8, 4) is 17.0 Å². The van der Waals surface area contributed by atoms with E-state index in [0.717, 1.165) is 27.8 Å². The van der Waals surface area contributed by atoms with Gasteiger partial charge in [-0.2, -0.15) is 5.10 Å². The summed E-state index contributed by atoms with van der Waals surface area (Å²) in [7, 11) is 0. The van der Waals surface area contributed by atoms with Crippen molar-refractivity contribution in [2.45, 2.75) is 0 Å². The number of aromatic amines is 1. The van der Waals surface area contributed by atoms with Gasteiger partial charge >= 0.3 is 5.97 Å². The summed E-state index contributed by atoms with van der Waals surface area (Å²) < 4.78 is 7.08. The molecule has 3 N–H and O–H groups in total. The predicted molar refractivity (Wildman–Crippen MR) is 111 cm³/mol. The van der Waals surface area contributed by atoms with Gasteiger partial charge in [0.2, 0.25) is 0 Å². The Balaban J connectivity index is 1.48. The average Bonchev–Trinajstić information content (AvgIpc) is 3.42. The molecule has 5 rings (SSSR count). The molecule has 3 heterocycles. The highest BCUT2D eigenvalue weighted by Crippen LogP contribution is 2.27. The minimum Gasteiger partial charge on any atom is -0.482 e. The molecule has 0 radical (unpaired) electrons. The summed E-state index contributed by atoms with van der Waals surface area (Å²) in [5.41, 5.74) is 4.12. The third kappa shape index (κ3) is 3.39. The minimum absolute atomic E-state index is 0.383. The Morgan fingerprint density at radius 3 is 2.90 bits per heavy atom. The first kappa shape index (κ1) is 17.7. The van der Waals surface area contributed by atoms with Crippen molar-refractivity contribution in [3.05, 3.63) is 67.3 Å². The Morgan fingerprint density at radius 1 is 1.20 bits per heavy atom. The number of H-pyrrole nitrogens is 1. The van der Waals surface area contributed by atoms with Crippen LogP contribution in [0.2, 0.25) is 0 Å². The lowest BCUT2D eigenvalue weighted by atomic mass is 10.1. The van der Waals surface area contributed by atoms with E-state index >= 15 is 0 Å². The lowest BCUT2D eigenvalue weighted by Crippen LogP contribution is -2.09. The van der Waals surface area contributed by atoms with Crippen LogP contribution < -0.4 is 10.1 Å². The fourth-order valence-electron chi connectivity index (χ4n) is 3.17. The predicted octanol–water partition coefficient (Wildman–Crippen LogP) is 3.48. The van der Waals surface area contributed by atoms with Crippen molar-refractivity contribution in [1.29, 1.82) is 0 Å². The summed E-state index contributed by atoms with van der Waals surface area (Å²) >= 11 is 0. The lowest BCUT2D eigenvalue weighted by molar-refractivity contribution is -0.139. The molecule has 0 fully saturated rings. The number of carboxylic acids is 1. The molecule has 148 valence electrons. The molecule has 0 aliphatic heterocycles. The number of fused-ring (bicyclic) bond motifs is 2. The summed E-state index contributed by atoms with van der Waals surface area (Å²) in [5, 5.41) is 20.1. The molecule has 2 aromatic carbocycles. The Labute approximate surface area is 170 Å². The van der Waals surface area contributed by atoms with Crippen molar-refractivity contribution in [2.24, 2.45) is 0 Å². The fraction of sp³-hybridized carbons (Fsp3) is 0.0476. The molecule has 0 unspecified atom stereocenters. The number of aliphatic carboxylic acids is 1. The molecule has 3 aromatic heterocycles. The maximum atomic E-state index is 10.6.